The first-order valence-corrected chi connectivity index (χ1v) is 4.34. The first kappa shape index (κ1) is 9.65. The minimum Gasteiger partial charge on any atom is -0.282 e. The Balaban J connectivity index is 2.98. The lowest BCUT2D eigenvalue weighted by molar-refractivity contribution is 0.837. The number of allylic oxidation sites excluding steroid dienone is 1. The van der Waals surface area contributed by atoms with Gasteiger partial charge >= 0.3 is 0 Å². The third-order valence-corrected chi connectivity index (χ3v) is 1.55. The maximum absolute atomic E-state index is 4.42. The highest BCUT2D eigenvalue weighted by molar-refractivity contribution is 6.08. The maximum atomic E-state index is 4.42. The van der Waals surface area contributed by atoms with Crippen molar-refractivity contribution in [3.8, 4) is 0 Å². The van der Waals surface area contributed by atoms with Gasteiger partial charge in [0.1, 0.15) is 0 Å². The van der Waals surface area contributed by atoms with E-state index in [2.05, 4.69) is 16.6 Å². The summed E-state index contributed by atoms with van der Waals surface area (Å²) in [6.07, 6.45) is 5.31. The van der Waals surface area contributed by atoms with Gasteiger partial charge in [-0.05, 0) is 32.1 Å². The van der Waals surface area contributed by atoms with E-state index >= 15 is 0 Å². The van der Waals surface area contributed by atoms with Gasteiger partial charge in [-0.15, -0.1) is 0 Å². The predicted octanol–water partition coefficient (Wildman–Crippen LogP) is 2.47. The van der Waals surface area contributed by atoms with Crippen LogP contribution in [0.15, 0.2) is 42.2 Å². The molecule has 0 N–H and O–H groups in total. The Hall–Kier alpha value is -1.44. The van der Waals surface area contributed by atoms with E-state index in [9.17, 15) is 0 Å². The van der Waals surface area contributed by atoms with E-state index in [4.69, 9.17) is 0 Å². The molecule has 0 saturated heterocycles. The number of pyridine rings is 1. The van der Waals surface area contributed by atoms with Crippen LogP contribution in [0, 0.1) is 0 Å². The van der Waals surface area contributed by atoms with E-state index in [1.54, 1.807) is 18.5 Å². The standard InChI is InChI=1S/C11H14N2/c1-4-11(13-9(2)3)10-6-5-7-12-8-10/h4-9H,1H2,2-3H3. The maximum Gasteiger partial charge on any atom is 0.0659 e. The molecule has 0 saturated carbocycles. The summed E-state index contributed by atoms with van der Waals surface area (Å²) in [7, 11) is 0. The molecule has 0 spiro atoms. The molecule has 0 aliphatic rings. The van der Waals surface area contributed by atoms with E-state index < -0.39 is 0 Å². The summed E-state index contributed by atoms with van der Waals surface area (Å²) < 4.78 is 0. The van der Waals surface area contributed by atoms with E-state index in [0.29, 0.717) is 0 Å². The molecule has 1 aromatic heterocycles. The molecule has 1 rings (SSSR count). The van der Waals surface area contributed by atoms with Crippen LogP contribution in [0.3, 0.4) is 0 Å². The van der Waals surface area contributed by atoms with Crippen LogP contribution in [-0.4, -0.2) is 16.7 Å². The fourth-order valence-corrected chi connectivity index (χ4v) is 1.04. The van der Waals surface area contributed by atoms with Gasteiger partial charge in [0.15, 0.2) is 0 Å². The Kier molecular flexibility index (Phi) is 3.38. The molecular weight excluding hydrogens is 160 g/mol. The summed E-state index contributed by atoms with van der Waals surface area (Å²) in [6, 6.07) is 4.16. The smallest absolute Gasteiger partial charge is 0.0659 e. The molecule has 2 heteroatoms. The van der Waals surface area contributed by atoms with Crippen molar-refractivity contribution in [1.82, 2.24) is 4.98 Å². The molecular formula is C11H14N2. The monoisotopic (exact) mass is 174 g/mol. The van der Waals surface area contributed by atoms with Gasteiger partial charge < -0.3 is 0 Å². The van der Waals surface area contributed by atoms with Crippen molar-refractivity contribution in [3.05, 3.63) is 42.7 Å². The quantitative estimate of drug-likeness (QED) is 0.646. The lowest BCUT2D eigenvalue weighted by Gasteiger charge is -2.02. The zero-order chi connectivity index (χ0) is 9.68. The molecule has 0 fully saturated rings. The van der Waals surface area contributed by atoms with E-state index in [1.165, 1.54) is 0 Å². The van der Waals surface area contributed by atoms with Gasteiger partial charge in [-0.2, -0.15) is 0 Å². The van der Waals surface area contributed by atoms with Crippen LogP contribution in [0.25, 0.3) is 0 Å². The zero-order valence-corrected chi connectivity index (χ0v) is 8.07. The molecule has 0 radical (unpaired) electrons. The third-order valence-electron chi connectivity index (χ3n) is 1.55. The van der Waals surface area contributed by atoms with Crippen molar-refractivity contribution in [1.29, 1.82) is 0 Å². The number of hydrogen-bond acceptors (Lipinski definition) is 2. The zero-order valence-electron chi connectivity index (χ0n) is 8.07. The molecule has 1 aromatic rings. The second kappa shape index (κ2) is 4.55. The van der Waals surface area contributed by atoms with Crippen molar-refractivity contribution >= 4 is 5.71 Å². The predicted molar refractivity (Wildman–Crippen MR) is 56.1 cm³/mol. The van der Waals surface area contributed by atoms with Crippen molar-refractivity contribution in [3.63, 3.8) is 0 Å². The molecule has 0 bridgehead atoms. The molecule has 68 valence electrons. The van der Waals surface area contributed by atoms with Crippen molar-refractivity contribution in [2.24, 2.45) is 4.99 Å². The molecule has 0 aliphatic carbocycles. The Labute approximate surface area is 79.0 Å². The highest BCUT2D eigenvalue weighted by Gasteiger charge is 1.98. The fourth-order valence-electron chi connectivity index (χ4n) is 1.04. The van der Waals surface area contributed by atoms with Crippen LogP contribution in [0.1, 0.15) is 19.4 Å². The highest BCUT2D eigenvalue weighted by atomic mass is 14.8. The van der Waals surface area contributed by atoms with Crippen LogP contribution >= 0.6 is 0 Å². The molecule has 0 aliphatic heterocycles. The summed E-state index contributed by atoms with van der Waals surface area (Å²) in [5, 5.41) is 0. The Morgan fingerprint density at radius 1 is 1.62 bits per heavy atom. The molecule has 13 heavy (non-hydrogen) atoms. The van der Waals surface area contributed by atoms with E-state index in [0.717, 1.165) is 11.3 Å². The van der Waals surface area contributed by atoms with E-state index in [-0.39, 0.29) is 6.04 Å². The molecule has 2 nitrogen and oxygen atoms in total. The van der Waals surface area contributed by atoms with E-state index in [1.807, 2.05) is 26.0 Å². The van der Waals surface area contributed by atoms with Gasteiger partial charge in [-0.1, -0.05) is 6.58 Å². The average Bonchev–Trinajstić information content (AvgIpc) is 2.15. The highest BCUT2D eigenvalue weighted by Crippen LogP contribution is 2.02. The van der Waals surface area contributed by atoms with Gasteiger partial charge in [0, 0.05) is 24.0 Å². The number of aliphatic imine (C=N–C) groups is 1. The van der Waals surface area contributed by atoms with Crippen LogP contribution < -0.4 is 0 Å². The lowest BCUT2D eigenvalue weighted by atomic mass is 10.2. The SMILES string of the molecule is C=CC(=NC(C)C)c1cccnc1. The Bertz CT molecular complexity index is 299. The van der Waals surface area contributed by atoms with Crippen LogP contribution in [0.5, 0.6) is 0 Å². The van der Waals surface area contributed by atoms with Crippen LogP contribution in [0.4, 0.5) is 0 Å². The number of aromatic nitrogens is 1. The molecule has 0 aromatic carbocycles. The minimum atomic E-state index is 0.285. The number of hydrogen-bond donors (Lipinski definition) is 0. The molecule has 1 heterocycles. The second-order valence-electron chi connectivity index (χ2n) is 3.05. The van der Waals surface area contributed by atoms with Crippen molar-refractivity contribution in [2.75, 3.05) is 0 Å². The number of nitrogens with zero attached hydrogens (tertiary/aromatic N) is 2. The Morgan fingerprint density at radius 3 is 2.85 bits per heavy atom. The Morgan fingerprint density at radius 2 is 2.38 bits per heavy atom. The molecule has 0 atom stereocenters. The van der Waals surface area contributed by atoms with Crippen molar-refractivity contribution < 1.29 is 0 Å². The van der Waals surface area contributed by atoms with Crippen LogP contribution in [0.2, 0.25) is 0 Å². The lowest BCUT2D eigenvalue weighted by Crippen LogP contribution is -2.01. The topological polar surface area (TPSA) is 25.2 Å². The van der Waals surface area contributed by atoms with Gasteiger partial charge in [0.25, 0.3) is 0 Å². The summed E-state index contributed by atoms with van der Waals surface area (Å²) in [5.74, 6) is 0. The normalized spacial score (nSPS) is 11.8. The fraction of sp³-hybridized carbons (Fsp3) is 0.273. The summed E-state index contributed by atoms with van der Waals surface area (Å²) in [4.78, 5) is 8.46. The summed E-state index contributed by atoms with van der Waals surface area (Å²) in [6.45, 7) is 7.81. The van der Waals surface area contributed by atoms with Gasteiger partial charge in [0.2, 0.25) is 0 Å². The third kappa shape index (κ3) is 2.82. The minimum absolute atomic E-state index is 0.285. The molecule has 0 amide bonds. The second-order valence-corrected chi connectivity index (χ2v) is 3.05. The number of rotatable bonds is 3. The van der Waals surface area contributed by atoms with Gasteiger partial charge in [0.05, 0.1) is 5.71 Å². The first-order chi connectivity index (χ1) is 6.24. The summed E-state index contributed by atoms with van der Waals surface area (Å²) >= 11 is 0. The molecule has 0 unspecified atom stereocenters. The van der Waals surface area contributed by atoms with Crippen molar-refractivity contribution in [2.45, 2.75) is 19.9 Å². The average molecular weight is 174 g/mol. The largest absolute Gasteiger partial charge is 0.282 e. The first-order valence-electron chi connectivity index (χ1n) is 4.34. The van der Waals surface area contributed by atoms with Crippen LogP contribution in [-0.2, 0) is 0 Å². The summed E-state index contributed by atoms with van der Waals surface area (Å²) in [5.41, 5.74) is 1.93. The van der Waals surface area contributed by atoms with Gasteiger partial charge in [-0.3, -0.25) is 9.98 Å². The van der Waals surface area contributed by atoms with Gasteiger partial charge in [-0.25, -0.2) is 0 Å².